The van der Waals surface area contributed by atoms with Crippen molar-refractivity contribution in [2.24, 2.45) is 5.92 Å². The van der Waals surface area contributed by atoms with Gasteiger partial charge in [-0.2, -0.15) is 0 Å². The maximum atomic E-state index is 11.9. The molecule has 1 aliphatic carbocycles. The van der Waals surface area contributed by atoms with Gasteiger partial charge in [-0.25, -0.2) is 0 Å². The summed E-state index contributed by atoms with van der Waals surface area (Å²) in [6.45, 7) is 2.26. The van der Waals surface area contributed by atoms with Crippen LogP contribution in [-0.4, -0.2) is 30.8 Å². The molecule has 0 spiro atoms. The monoisotopic (exact) mass is 263 g/mol. The summed E-state index contributed by atoms with van der Waals surface area (Å²) >= 11 is 0. The van der Waals surface area contributed by atoms with Crippen LogP contribution in [0, 0.1) is 5.92 Å². The average Bonchev–Trinajstić information content (AvgIpc) is 3.18. The lowest BCUT2D eigenvalue weighted by Crippen LogP contribution is -2.28. The summed E-state index contributed by atoms with van der Waals surface area (Å²) in [5.74, 6) is 1.30. The fourth-order valence-corrected chi connectivity index (χ4v) is 2.26. The molecule has 104 valence electrons. The zero-order valence-corrected chi connectivity index (χ0v) is 11.4. The van der Waals surface area contributed by atoms with Gasteiger partial charge < -0.3 is 15.2 Å². The molecule has 0 bridgehead atoms. The van der Waals surface area contributed by atoms with E-state index in [1.807, 2.05) is 24.3 Å². The number of hydrogen-bond donors (Lipinski definition) is 2. The topological polar surface area (TPSA) is 58.6 Å². The molecule has 1 aliphatic rings. The molecular weight excluding hydrogens is 242 g/mol. The van der Waals surface area contributed by atoms with Gasteiger partial charge in [0, 0.05) is 12.5 Å². The first-order valence-electron chi connectivity index (χ1n) is 6.71. The molecule has 1 saturated carbocycles. The molecule has 2 N–H and O–H groups in total. The molecule has 0 saturated heterocycles. The number of nitrogens with one attached hydrogen (secondary N) is 1. The molecule has 1 aromatic rings. The van der Waals surface area contributed by atoms with E-state index >= 15 is 0 Å². The molecule has 4 nitrogen and oxygen atoms in total. The van der Waals surface area contributed by atoms with Crippen LogP contribution in [0.25, 0.3) is 0 Å². The van der Waals surface area contributed by atoms with E-state index in [0.29, 0.717) is 18.9 Å². The zero-order valence-electron chi connectivity index (χ0n) is 11.4. The lowest BCUT2D eigenvalue weighted by Gasteiger charge is -2.07. The molecule has 2 rings (SSSR count). The van der Waals surface area contributed by atoms with E-state index in [0.717, 1.165) is 17.7 Å². The van der Waals surface area contributed by atoms with Crippen LogP contribution in [0.3, 0.4) is 0 Å². The van der Waals surface area contributed by atoms with Gasteiger partial charge in [-0.3, -0.25) is 4.79 Å². The van der Waals surface area contributed by atoms with Crippen LogP contribution in [0.5, 0.6) is 5.75 Å². The zero-order chi connectivity index (χ0) is 13.8. The molecular formula is C15H21NO3. The normalized spacial score (nSPS) is 22.7. The SMILES string of the molecule is COc1cccc(C2CC2C(=O)NCCC(C)O)c1. The van der Waals surface area contributed by atoms with Crippen LogP contribution >= 0.6 is 0 Å². The second-order valence-electron chi connectivity index (χ2n) is 5.15. The number of aliphatic hydroxyl groups is 1. The summed E-state index contributed by atoms with van der Waals surface area (Å²) in [5, 5.41) is 12.0. The van der Waals surface area contributed by atoms with Crippen molar-refractivity contribution in [3.63, 3.8) is 0 Å². The van der Waals surface area contributed by atoms with E-state index in [1.165, 1.54) is 0 Å². The highest BCUT2D eigenvalue weighted by Gasteiger charge is 2.43. The third-order valence-corrected chi connectivity index (χ3v) is 3.51. The van der Waals surface area contributed by atoms with Gasteiger partial charge in [0.2, 0.25) is 5.91 Å². The Morgan fingerprint density at radius 1 is 1.58 bits per heavy atom. The Labute approximate surface area is 113 Å². The van der Waals surface area contributed by atoms with E-state index in [-0.39, 0.29) is 17.9 Å². The number of methoxy groups -OCH3 is 1. The highest BCUT2D eigenvalue weighted by Crippen LogP contribution is 2.48. The lowest BCUT2D eigenvalue weighted by atomic mass is 10.1. The minimum absolute atomic E-state index is 0.0705. The minimum atomic E-state index is -0.367. The summed E-state index contributed by atoms with van der Waals surface area (Å²) in [4.78, 5) is 11.9. The second-order valence-corrected chi connectivity index (χ2v) is 5.15. The molecule has 1 aromatic carbocycles. The van der Waals surface area contributed by atoms with Crippen molar-refractivity contribution in [3.05, 3.63) is 29.8 Å². The quantitative estimate of drug-likeness (QED) is 0.821. The van der Waals surface area contributed by atoms with Crippen LogP contribution in [0.15, 0.2) is 24.3 Å². The van der Waals surface area contributed by atoms with Crippen LogP contribution in [0.4, 0.5) is 0 Å². The Kier molecular flexibility index (Phi) is 4.43. The summed E-state index contributed by atoms with van der Waals surface area (Å²) in [5.41, 5.74) is 1.16. The molecule has 4 heteroatoms. The van der Waals surface area contributed by atoms with Crippen molar-refractivity contribution in [1.82, 2.24) is 5.32 Å². The second kappa shape index (κ2) is 6.06. The molecule has 0 radical (unpaired) electrons. The fraction of sp³-hybridized carbons (Fsp3) is 0.533. The Morgan fingerprint density at radius 3 is 3.05 bits per heavy atom. The number of benzene rings is 1. The summed E-state index contributed by atoms with van der Waals surface area (Å²) in [6.07, 6.45) is 1.13. The molecule has 19 heavy (non-hydrogen) atoms. The summed E-state index contributed by atoms with van der Waals surface area (Å²) < 4.78 is 5.19. The number of hydrogen-bond acceptors (Lipinski definition) is 3. The van der Waals surface area contributed by atoms with E-state index in [1.54, 1.807) is 14.0 Å². The van der Waals surface area contributed by atoms with Gasteiger partial charge in [0.25, 0.3) is 0 Å². The van der Waals surface area contributed by atoms with Crippen LogP contribution in [0.2, 0.25) is 0 Å². The summed E-state index contributed by atoms with van der Waals surface area (Å²) in [6, 6.07) is 7.89. The molecule has 1 fully saturated rings. The molecule has 0 aliphatic heterocycles. The van der Waals surface area contributed by atoms with Crippen LogP contribution in [-0.2, 0) is 4.79 Å². The van der Waals surface area contributed by atoms with Crippen molar-refractivity contribution in [3.8, 4) is 5.75 Å². The highest BCUT2D eigenvalue weighted by molar-refractivity contribution is 5.82. The first-order chi connectivity index (χ1) is 9.11. The van der Waals surface area contributed by atoms with Gasteiger partial charge >= 0.3 is 0 Å². The van der Waals surface area contributed by atoms with Gasteiger partial charge in [-0.15, -0.1) is 0 Å². The lowest BCUT2D eigenvalue weighted by molar-refractivity contribution is -0.122. The number of amides is 1. The number of ether oxygens (including phenoxy) is 1. The smallest absolute Gasteiger partial charge is 0.223 e. The van der Waals surface area contributed by atoms with Crippen molar-refractivity contribution in [1.29, 1.82) is 0 Å². The minimum Gasteiger partial charge on any atom is -0.497 e. The Morgan fingerprint density at radius 2 is 2.37 bits per heavy atom. The molecule has 0 heterocycles. The fourth-order valence-electron chi connectivity index (χ4n) is 2.26. The van der Waals surface area contributed by atoms with Crippen molar-refractivity contribution in [2.45, 2.75) is 31.8 Å². The van der Waals surface area contributed by atoms with Gasteiger partial charge in [0.15, 0.2) is 0 Å². The summed E-state index contributed by atoms with van der Waals surface area (Å²) in [7, 11) is 1.65. The average molecular weight is 263 g/mol. The third-order valence-electron chi connectivity index (χ3n) is 3.51. The number of carbonyl (C=O) groups is 1. The van der Waals surface area contributed by atoms with Crippen molar-refractivity contribution >= 4 is 5.91 Å². The number of aliphatic hydroxyl groups excluding tert-OH is 1. The maximum Gasteiger partial charge on any atom is 0.223 e. The van der Waals surface area contributed by atoms with Crippen LogP contribution < -0.4 is 10.1 Å². The van der Waals surface area contributed by atoms with Crippen molar-refractivity contribution < 1.29 is 14.6 Å². The van der Waals surface area contributed by atoms with Gasteiger partial charge in [0.05, 0.1) is 13.2 Å². The highest BCUT2D eigenvalue weighted by atomic mass is 16.5. The molecule has 0 aromatic heterocycles. The first-order valence-corrected chi connectivity index (χ1v) is 6.71. The van der Waals surface area contributed by atoms with E-state index in [4.69, 9.17) is 9.84 Å². The molecule has 3 unspecified atom stereocenters. The standard InChI is InChI=1S/C15H21NO3/c1-10(17)6-7-16-15(18)14-9-13(14)11-4-3-5-12(8-11)19-2/h3-5,8,10,13-14,17H,6-7,9H2,1-2H3,(H,16,18). The number of carbonyl (C=O) groups excluding carboxylic acids is 1. The van der Waals surface area contributed by atoms with E-state index < -0.39 is 0 Å². The van der Waals surface area contributed by atoms with E-state index in [2.05, 4.69) is 5.32 Å². The Bertz CT molecular complexity index is 445. The van der Waals surface area contributed by atoms with Gasteiger partial charge in [0.1, 0.15) is 5.75 Å². The third kappa shape index (κ3) is 3.70. The predicted molar refractivity (Wildman–Crippen MR) is 73.1 cm³/mol. The van der Waals surface area contributed by atoms with Gasteiger partial charge in [-0.05, 0) is 43.4 Å². The maximum absolute atomic E-state index is 11.9. The van der Waals surface area contributed by atoms with E-state index in [9.17, 15) is 4.79 Å². The Hall–Kier alpha value is -1.55. The van der Waals surface area contributed by atoms with Crippen molar-refractivity contribution in [2.75, 3.05) is 13.7 Å². The largest absolute Gasteiger partial charge is 0.497 e. The Balaban J connectivity index is 1.84. The predicted octanol–water partition coefficient (Wildman–Crippen LogP) is 1.69. The first kappa shape index (κ1) is 13.9. The number of rotatable bonds is 6. The molecule has 1 amide bonds. The van der Waals surface area contributed by atoms with Gasteiger partial charge in [-0.1, -0.05) is 12.1 Å². The molecule has 3 atom stereocenters. The van der Waals surface area contributed by atoms with Crippen LogP contribution in [0.1, 0.15) is 31.2 Å².